The molecule has 1 aliphatic carbocycles. The molecule has 11 heteroatoms. The molecule has 4 aromatic rings. The Morgan fingerprint density at radius 3 is 1.63 bits per heavy atom. The number of aryl methyl sites for hydroxylation is 1. The molecule has 2 unspecified atom stereocenters. The summed E-state index contributed by atoms with van der Waals surface area (Å²) < 4.78 is 22.4. The predicted molar refractivity (Wildman–Crippen MR) is 135 cm³/mol. The Morgan fingerprint density at radius 1 is 0.674 bits per heavy atom. The molecular formula is C32H25O4Y7-3. The molecule has 4 nitrogen and oxygen atoms in total. The monoisotopic (exact) mass is 1100 g/mol. The Kier molecular flexibility index (Phi) is 23.5. The molecule has 4 aromatic carbocycles. The van der Waals surface area contributed by atoms with Crippen molar-refractivity contribution in [2.45, 2.75) is 24.5 Å². The summed E-state index contributed by atoms with van der Waals surface area (Å²) in [7, 11) is 0. The van der Waals surface area contributed by atoms with E-state index in [-0.39, 0.29) is 241 Å². The van der Waals surface area contributed by atoms with Gasteiger partial charge in [0.05, 0.1) is 13.2 Å². The first kappa shape index (κ1) is 47.1. The molecule has 2 heterocycles. The summed E-state index contributed by atoms with van der Waals surface area (Å²) in [5, 5.41) is 0. The smallest absolute Gasteiger partial charge is 0.115 e. The maximum Gasteiger partial charge on any atom is 0.115 e. The van der Waals surface area contributed by atoms with Gasteiger partial charge in [0.15, 0.2) is 0 Å². The van der Waals surface area contributed by atoms with E-state index in [9.17, 15) is 0 Å². The average molecular weight is 1100 g/mol. The minimum absolute atomic E-state index is 0. The van der Waals surface area contributed by atoms with Gasteiger partial charge in [0.25, 0.3) is 0 Å². The second-order valence-electron chi connectivity index (χ2n) is 9.64. The van der Waals surface area contributed by atoms with Crippen LogP contribution in [0.25, 0.3) is 11.1 Å². The fourth-order valence-electron chi connectivity index (χ4n) is 5.34. The zero-order chi connectivity index (χ0) is 24.1. The average Bonchev–Trinajstić information content (AvgIpc) is 3.85. The molecule has 7 radical (unpaired) electrons. The van der Waals surface area contributed by atoms with E-state index in [1.165, 1.54) is 22.3 Å². The van der Waals surface area contributed by atoms with Gasteiger partial charge in [0.1, 0.15) is 25.4 Å². The molecule has 0 N–H and O–H groups in total. The normalized spacial score (nSPS) is 17.0. The van der Waals surface area contributed by atoms with E-state index in [1.54, 1.807) is 0 Å². The Bertz CT molecular complexity index is 1400. The number of hydrogen-bond acceptors (Lipinski definition) is 4. The second kappa shape index (κ2) is 21.5. The number of fused-ring (bicyclic) bond motifs is 3. The minimum Gasteiger partial charge on any atom is -0.541 e. The SMILES string of the molecule is Cc1cc(C2(c3c[c-]c(OCC4CO4)[c-]c3)c3ccccc3-c3ccccc32)c[c-]c1OCC1CO1.[Y].[Y].[Y].[Y].[Y].[Y].[Y]. The number of ether oxygens (including phenoxy) is 4. The standard InChI is InChI=1S/C32H25O4.7Y/c1-21-16-23(12-15-31(21)36-20-26-19-35-26)32(22-10-13-24(14-11-22)33-17-25-18-34-25)29-8-4-2-6-27(29)28-7-3-5-9-30(28)32;;;;;;;/h2-12,16,25-26H,17-20H2,1H3;;;;;;;/q-3;;;;;;;. The van der Waals surface area contributed by atoms with Crippen molar-refractivity contribution in [3.8, 4) is 22.6 Å². The molecule has 7 rings (SSSR count). The van der Waals surface area contributed by atoms with Gasteiger partial charge in [0, 0.05) is 235 Å². The zero-order valence-corrected chi connectivity index (χ0v) is 44.0. The Labute approximate surface area is 431 Å². The van der Waals surface area contributed by atoms with Gasteiger partial charge in [-0.2, -0.15) is 17.7 Å². The maximum absolute atomic E-state index is 6.00. The molecular weight excluding hydrogens is 1070 g/mol. The first-order valence-corrected chi connectivity index (χ1v) is 12.4. The molecule has 2 fully saturated rings. The van der Waals surface area contributed by atoms with Crippen LogP contribution in [0.4, 0.5) is 0 Å². The number of epoxide rings is 2. The predicted octanol–water partition coefficient (Wildman–Crippen LogP) is 5.30. The largest absolute Gasteiger partial charge is 0.541 e. The Hall–Kier alpha value is 4.13. The quantitative estimate of drug-likeness (QED) is 0.157. The van der Waals surface area contributed by atoms with Gasteiger partial charge in [-0.3, -0.25) is 17.7 Å². The number of hydrogen-bond donors (Lipinski definition) is 0. The summed E-state index contributed by atoms with van der Waals surface area (Å²) in [6.45, 7) is 4.71. The van der Waals surface area contributed by atoms with Crippen LogP contribution in [0.3, 0.4) is 0 Å². The van der Waals surface area contributed by atoms with Crippen LogP contribution in [-0.4, -0.2) is 38.6 Å². The third kappa shape index (κ3) is 10.4. The van der Waals surface area contributed by atoms with Gasteiger partial charge in [0.2, 0.25) is 0 Å². The summed E-state index contributed by atoms with van der Waals surface area (Å²) in [6.07, 6.45) is 0.396. The molecule has 3 aliphatic rings. The van der Waals surface area contributed by atoms with Gasteiger partial charge in [-0.05, 0) is 11.1 Å². The third-order valence-electron chi connectivity index (χ3n) is 7.26. The van der Waals surface area contributed by atoms with E-state index in [1.807, 2.05) is 12.1 Å². The van der Waals surface area contributed by atoms with E-state index in [0.717, 1.165) is 35.7 Å². The van der Waals surface area contributed by atoms with E-state index in [4.69, 9.17) is 18.9 Å². The molecule has 2 atom stereocenters. The van der Waals surface area contributed by atoms with E-state index < -0.39 is 5.41 Å². The Balaban J connectivity index is 0.00000252. The summed E-state index contributed by atoms with van der Waals surface area (Å²) in [5.74, 6) is 1.38. The van der Waals surface area contributed by atoms with Crippen LogP contribution in [0.2, 0.25) is 0 Å². The van der Waals surface area contributed by atoms with Crippen LogP contribution < -0.4 is 9.47 Å². The molecule has 43 heavy (non-hydrogen) atoms. The molecule has 0 bridgehead atoms. The van der Waals surface area contributed by atoms with Crippen molar-refractivity contribution in [3.05, 3.63) is 119 Å². The molecule has 0 aromatic heterocycles. The van der Waals surface area contributed by atoms with Gasteiger partial charge in [-0.1, -0.05) is 72.0 Å². The van der Waals surface area contributed by atoms with Crippen molar-refractivity contribution in [2.24, 2.45) is 0 Å². The Morgan fingerprint density at radius 2 is 1.14 bits per heavy atom. The minimum atomic E-state index is -0.530. The van der Waals surface area contributed by atoms with Gasteiger partial charge in [-0.15, -0.1) is 17.4 Å². The van der Waals surface area contributed by atoms with Gasteiger partial charge in [-0.25, -0.2) is 0 Å². The summed E-state index contributed by atoms with van der Waals surface area (Å²) in [4.78, 5) is 0. The van der Waals surface area contributed by atoms with Crippen molar-refractivity contribution in [1.29, 1.82) is 0 Å². The van der Waals surface area contributed by atoms with Gasteiger partial charge >= 0.3 is 0 Å². The second-order valence-corrected chi connectivity index (χ2v) is 9.64. The zero-order valence-electron chi connectivity index (χ0n) is 24.1. The van der Waals surface area contributed by atoms with Crippen LogP contribution in [0.5, 0.6) is 11.5 Å². The van der Waals surface area contributed by atoms with Crippen molar-refractivity contribution in [2.75, 3.05) is 26.4 Å². The van der Waals surface area contributed by atoms with E-state index in [2.05, 4.69) is 85.8 Å². The van der Waals surface area contributed by atoms with Crippen molar-refractivity contribution >= 4 is 0 Å². The van der Waals surface area contributed by atoms with Crippen molar-refractivity contribution in [3.63, 3.8) is 0 Å². The van der Waals surface area contributed by atoms with E-state index >= 15 is 0 Å². The molecule has 0 amide bonds. The fourth-order valence-corrected chi connectivity index (χ4v) is 5.34. The molecule has 2 saturated heterocycles. The molecule has 201 valence electrons. The van der Waals surface area contributed by atoms with Crippen LogP contribution in [0, 0.1) is 25.1 Å². The van der Waals surface area contributed by atoms with Crippen molar-refractivity contribution < 1.29 is 248 Å². The molecule has 2 aliphatic heterocycles. The van der Waals surface area contributed by atoms with Crippen molar-refractivity contribution in [1.82, 2.24) is 0 Å². The third-order valence-corrected chi connectivity index (χ3v) is 7.26. The first-order valence-electron chi connectivity index (χ1n) is 12.4. The molecule has 0 spiro atoms. The van der Waals surface area contributed by atoms with E-state index in [0.29, 0.717) is 19.0 Å². The van der Waals surface area contributed by atoms with Crippen LogP contribution in [-0.2, 0) is 244 Å². The van der Waals surface area contributed by atoms with Gasteiger partial charge < -0.3 is 31.1 Å². The topological polar surface area (TPSA) is 43.5 Å². The van der Waals surface area contributed by atoms with Crippen LogP contribution in [0.15, 0.2) is 72.8 Å². The fraction of sp³-hybridized carbons (Fsp3) is 0.250. The maximum atomic E-state index is 6.00. The summed E-state index contributed by atoms with van der Waals surface area (Å²) in [6, 6.07) is 35.8. The number of rotatable bonds is 8. The van der Waals surface area contributed by atoms with Crippen LogP contribution in [0.1, 0.15) is 27.8 Å². The number of benzene rings is 4. The first-order chi connectivity index (χ1) is 17.7. The summed E-state index contributed by atoms with van der Waals surface area (Å²) >= 11 is 0. The molecule has 0 saturated carbocycles. The van der Waals surface area contributed by atoms with Crippen LogP contribution >= 0.6 is 0 Å². The summed E-state index contributed by atoms with van der Waals surface area (Å²) in [5.41, 5.74) is 7.69.